The van der Waals surface area contributed by atoms with E-state index in [4.69, 9.17) is 4.74 Å². The van der Waals surface area contributed by atoms with Crippen LogP contribution >= 0.6 is 15.9 Å². The van der Waals surface area contributed by atoms with Gasteiger partial charge in [0.25, 0.3) is 0 Å². The molecule has 0 aliphatic rings. The van der Waals surface area contributed by atoms with Gasteiger partial charge in [0.15, 0.2) is 6.04 Å². The first-order chi connectivity index (χ1) is 9.60. The zero-order valence-corrected chi connectivity index (χ0v) is 12.4. The molecule has 20 heavy (non-hydrogen) atoms. The predicted octanol–water partition coefficient (Wildman–Crippen LogP) is 3.91. The average Bonchev–Trinajstić information content (AvgIpc) is 2.45. The van der Waals surface area contributed by atoms with Crippen LogP contribution in [-0.2, 0) is 9.53 Å². The Morgan fingerprint density at radius 2 is 1.95 bits per heavy atom. The zero-order chi connectivity index (χ0) is 14.5. The summed E-state index contributed by atoms with van der Waals surface area (Å²) in [6.07, 6.45) is 0. The Morgan fingerprint density at radius 1 is 1.25 bits per heavy atom. The molecular formula is C15H13BrFNO2. The van der Waals surface area contributed by atoms with Gasteiger partial charge in [0.1, 0.15) is 5.82 Å². The van der Waals surface area contributed by atoms with E-state index < -0.39 is 12.0 Å². The lowest BCUT2D eigenvalue weighted by Gasteiger charge is -2.18. The third-order valence-corrected chi connectivity index (χ3v) is 3.30. The van der Waals surface area contributed by atoms with Gasteiger partial charge in [-0.1, -0.05) is 34.1 Å². The normalized spacial score (nSPS) is 11.8. The van der Waals surface area contributed by atoms with Crippen molar-refractivity contribution >= 4 is 27.6 Å². The summed E-state index contributed by atoms with van der Waals surface area (Å²) in [4.78, 5) is 11.9. The van der Waals surface area contributed by atoms with Crippen LogP contribution in [0.15, 0.2) is 53.0 Å². The third kappa shape index (κ3) is 3.57. The van der Waals surface area contributed by atoms with E-state index in [-0.39, 0.29) is 5.82 Å². The van der Waals surface area contributed by atoms with Gasteiger partial charge < -0.3 is 10.1 Å². The maximum absolute atomic E-state index is 13.2. The molecule has 2 aromatic rings. The number of anilines is 1. The van der Waals surface area contributed by atoms with E-state index in [0.29, 0.717) is 5.69 Å². The maximum atomic E-state index is 13.2. The van der Waals surface area contributed by atoms with Crippen LogP contribution in [0.5, 0.6) is 0 Å². The minimum atomic E-state index is -0.685. The molecule has 0 bridgehead atoms. The van der Waals surface area contributed by atoms with Crippen molar-refractivity contribution in [3.05, 3.63) is 64.4 Å². The third-order valence-electron chi connectivity index (χ3n) is 2.78. The van der Waals surface area contributed by atoms with Crippen molar-refractivity contribution in [3.63, 3.8) is 0 Å². The zero-order valence-electron chi connectivity index (χ0n) is 10.8. The van der Waals surface area contributed by atoms with Crippen LogP contribution in [0, 0.1) is 5.82 Å². The lowest BCUT2D eigenvalue weighted by Crippen LogP contribution is -2.22. The summed E-state index contributed by atoms with van der Waals surface area (Å²) in [7, 11) is 1.32. The van der Waals surface area contributed by atoms with Gasteiger partial charge in [0.2, 0.25) is 0 Å². The molecule has 0 aliphatic heterocycles. The molecule has 2 rings (SSSR count). The van der Waals surface area contributed by atoms with Crippen LogP contribution < -0.4 is 5.32 Å². The number of rotatable bonds is 4. The monoisotopic (exact) mass is 337 g/mol. The Hall–Kier alpha value is -1.88. The van der Waals surface area contributed by atoms with Crippen molar-refractivity contribution in [1.29, 1.82) is 0 Å². The van der Waals surface area contributed by atoms with Crippen molar-refractivity contribution in [2.45, 2.75) is 6.04 Å². The fourth-order valence-corrected chi connectivity index (χ4v) is 2.06. The van der Waals surface area contributed by atoms with Crippen LogP contribution in [0.2, 0.25) is 0 Å². The number of methoxy groups -OCH3 is 1. The van der Waals surface area contributed by atoms with Crippen molar-refractivity contribution in [1.82, 2.24) is 0 Å². The van der Waals surface area contributed by atoms with Crippen molar-refractivity contribution in [3.8, 4) is 0 Å². The Kier molecular flexibility index (Phi) is 4.74. The minimum Gasteiger partial charge on any atom is -0.467 e. The number of esters is 1. The summed E-state index contributed by atoms with van der Waals surface area (Å²) in [6, 6.07) is 12.5. The molecule has 0 amide bonds. The number of benzene rings is 2. The Labute approximate surface area is 124 Å². The van der Waals surface area contributed by atoms with E-state index in [9.17, 15) is 9.18 Å². The number of nitrogens with one attached hydrogen (secondary N) is 1. The highest BCUT2D eigenvalue weighted by Gasteiger charge is 2.21. The van der Waals surface area contributed by atoms with Crippen LogP contribution in [-0.4, -0.2) is 13.1 Å². The molecule has 1 atom stereocenters. The van der Waals surface area contributed by atoms with Gasteiger partial charge in [0.05, 0.1) is 7.11 Å². The van der Waals surface area contributed by atoms with Gasteiger partial charge in [-0.25, -0.2) is 9.18 Å². The molecule has 1 unspecified atom stereocenters. The molecule has 0 fully saturated rings. The smallest absolute Gasteiger partial charge is 0.332 e. The second-order valence-electron chi connectivity index (χ2n) is 4.16. The highest BCUT2D eigenvalue weighted by molar-refractivity contribution is 9.10. The van der Waals surface area contributed by atoms with Gasteiger partial charge >= 0.3 is 5.97 Å². The number of carbonyl (C=O) groups is 1. The van der Waals surface area contributed by atoms with E-state index in [1.54, 1.807) is 24.3 Å². The topological polar surface area (TPSA) is 38.3 Å². The quantitative estimate of drug-likeness (QED) is 0.859. The number of ether oxygens (including phenoxy) is 1. The second-order valence-corrected chi connectivity index (χ2v) is 5.08. The van der Waals surface area contributed by atoms with E-state index in [2.05, 4.69) is 21.2 Å². The van der Waals surface area contributed by atoms with Crippen LogP contribution in [0.1, 0.15) is 11.6 Å². The lowest BCUT2D eigenvalue weighted by molar-refractivity contribution is -0.141. The van der Waals surface area contributed by atoms with Gasteiger partial charge in [-0.15, -0.1) is 0 Å². The first-order valence-corrected chi connectivity index (χ1v) is 6.75. The molecule has 5 heteroatoms. The number of halogens is 2. The molecule has 2 aromatic carbocycles. The number of hydrogen-bond donors (Lipinski definition) is 1. The SMILES string of the molecule is COC(=O)C(Nc1cccc(F)c1)c1ccc(Br)cc1. The highest BCUT2D eigenvalue weighted by atomic mass is 79.9. The predicted molar refractivity (Wildman–Crippen MR) is 78.9 cm³/mol. The molecule has 0 saturated carbocycles. The maximum Gasteiger partial charge on any atom is 0.332 e. The summed E-state index contributed by atoms with van der Waals surface area (Å²) in [6.45, 7) is 0. The molecule has 0 heterocycles. The van der Waals surface area contributed by atoms with E-state index in [1.807, 2.05) is 12.1 Å². The molecule has 3 nitrogen and oxygen atoms in total. The second kappa shape index (κ2) is 6.52. The van der Waals surface area contributed by atoms with Crippen LogP contribution in [0.4, 0.5) is 10.1 Å². The van der Waals surface area contributed by atoms with Gasteiger partial charge in [-0.05, 0) is 35.9 Å². The first-order valence-electron chi connectivity index (χ1n) is 5.95. The summed E-state index contributed by atoms with van der Waals surface area (Å²) in [5.74, 6) is -0.800. The standard InChI is InChI=1S/C15H13BrFNO2/c1-20-15(19)14(10-5-7-11(16)8-6-10)18-13-4-2-3-12(17)9-13/h2-9,14,18H,1H3. The van der Waals surface area contributed by atoms with E-state index >= 15 is 0 Å². The Balaban J connectivity index is 2.28. The molecule has 0 aliphatic carbocycles. The van der Waals surface area contributed by atoms with Gasteiger partial charge in [-0.2, -0.15) is 0 Å². The van der Waals surface area contributed by atoms with Gasteiger partial charge in [0, 0.05) is 10.2 Å². The molecule has 0 radical (unpaired) electrons. The van der Waals surface area contributed by atoms with Crippen molar-refractivity contribution in [2.75, 3.05) is 12.4 Å². The van der Waals surface area contributed by atoms with E-state index in [0.717, 1.165) is 10.0 Å². The molecule has 104 valence electrons. The summed E-state index contributed by atoms with van der Waals surface area (Å²) < 4.78 is 18.9. The average molecular weight is 338 g/mol. The van der Waals surface area contributed by atoms with Crippen LogP contribution in [0.25, 0.3) is 0 Å². The fourth-order valence-electron chi connectivity index (χ4n) is 1.80. The Bertz CT molecular complexity index is 601. The minimum absolute atomic E-state index is 0.366. The molecular weight excluding hydrogens is 325 g/mol. The first kappa shape index (κ1) is 14.5. The summed E-state index contributed by atoms with van der Waals surface area (Å²) in [5.41, 5.74) is 1.26. The Morgan fingerprint density at radius 3 is 2.55 bits per heavy atom. The van der Waals surface area contributed by atoms with Crippen LogP contribution in [0.3, 0.4) is 0 Å². The molecule has 0 aromatic heterocycles. The summed E-state index contributed by atoms with van der Waals surface area (Å²) >= 11 is 3.34. The fraction of sp³-hybridized carbons (Fsp3) is 0.133. The number of hydrogen-bond acceptors (Lipinski definition) is 3. The largest absolute Gasteiger partial charge is 0.467 e. The summed E-state index contributed by atoms with van der Waals surface area (Å²) in [5, 5.41) is 2.98. The van der Waals surface area contributed by atoms with Gasteiger partial charge in [-0.3, -0.25) is 0 Å². The van der Waals surface area contributed by atoms with Crippen molar-refractivity contribution < 1.29 is 13.9 Å². The highest BCUT2D eigenvalue weighted by Crippen LogP contribution is 2.23. The van der Waals surface area contributed by atoms with Crippen molar-refractivity contribution in [2.24, 2.45) is 0 Å². The molecule has 0 spiro atoms. The lowest BCUT2D eigenvalue weighted by atomic mass is 10.1. The molecule has 0 saturated heterocycles. The van der Waals surface area contributed by atoms with E-state index in [1.165, 1.54) is 19.2 Å². The molecule has 1 N–H and O–H groups in total. The number of carbonyl (C=O) groups excluding carboxylic acids is 1.